The van der Waals surface area contributed by atoms with E-state index in [0.29, 0.717) is 12.1 Å². The third-order valence-electron chi connectivity index (χ3n) is 3.32. The maximum absolute atomic E-state index is 12.2. The number of likely N-dealkylation sites (N-methyl/N-ethyl adjacent to an activating group) is 1. The lowest BCUT2D eigenvalue weighted by Gasteiger charge is -2.25. The van der Waals surface area contributed by atoms with Gasteiger partial charge in [0.15, 0.2) is 0 Å². The molecule has 116 valence electrons. The van der Waals surface area contributed by atoms with E-state index in [1.165, 1.54) is 12.3 Å². The van der Waals surface area contributed by atoms with Gasteiger partial charge in [-0.15, -0.1) is 0 Å². The number of carbonyl (C=O) groups is 1. The van der Waals surface area contributed by atoms with Gasteiger partial charge in [0.2, 0.25) is 0 Å². The molecule has 0 spiro atoms. The Kier molecular flexibility index (Phi) is 5.77. The first-order chi connectivity index (χ1) is 10.5. The lowest BCUT2D eigenvalue weighted by molar-refractivity contribution is 0.0941. The normalized spacial score (nSPS) is 12.2. The fourth-order valence-electron chi connectivity index (χ4n) is 2.11. The largest absolute Gasteiger partial charge is 0.350 e. The summed E-state index contributed by atoms with van der Waals surface area (Å²) in [6.07, 6.45) is 1.41. The van der Waals surface area contributed by atoms with Gasteiger partial charge < -0.3 is 10.2 Å². The summed E-state index contributed by atoms with van der Waals surface area (Å²) in [7, 11) is 3.95. The summed E-state index contributed by atoms with van der Waals surface area (Å²) in [5, 5.41) is 3.36. The van der Waals surface area contributed by atoms with E-state index in [0.717, 1.165) is 5.56 Å². The zero-order chi connectivity index (χ0) is 16.1. The second-order valence-corrected chi connectivity index (χ2v) is 5.86. The average Bonchev–Trinajstić information content (AvgIpc) is 2.50. The Morgan fingerprint density at radius 1 is 1.27 bits per heavy atom. The van der Waals surface area contributed by atoms with Crippen molar-refractivity contribution in [1.29, 1.82) is 0 Å². The third-order valence-corrected chi connectivity index (χ3v) is 4.01. The number of nitrogens with one attached hydrogen (secondary N) is 1. The Morgan fingerprint density at radius 2 is 1.95 bits per heavy atom. The zero-order valence-electron chi connectivity index (χ0n) is 12.4. The molecule has 22 heavy (non-hydrogen) atoms. The van der Waals surface area contributed by atoms with Crippen LogP contribution in [-0.4, -0.2) is 36.4 Å². The number of amides is 1. The van der Waals surface area contributed by atoms with Crippen molar-refractivity contribution >= 4 is 29.1 Å². The fourth-order valence-corrected chi connectivity index (χ4v) is 2.38. The quantitative estimate of drug-likeness (QED) is 0.850. The molecular weight excluding hydrogens is 321 g/mol. The molecular formula is C16H17Cl2N3O. The predicted molar refractivity (Wildman–Crippen MR) is 89.5 cm³/mol. The highest BCUT2D eigenvalue weighted by Gasteiger charge is 2.16. The van der Waals surface area contributed by atoms with Crippen LogP contribution in [0.25, 0.3) is 0 Å². The van der Waals surface area contributed by atoms with Gasteiger partial charge in [0.1, 0.15) is 5.15 Å². The molecule has 0 aliphatic rings. The van der Waals surface area contributed by atoms with E-state index in [1.807, 2.05) is 44.4 Å². The molecule has 1 heterocycles. The Bertz CT molecular complexity index is 647. The van der Waals surface area contributed by atoms with E-state index in [2.05, 4.69) is 15.2 Å². The average molecular weight is 338 g/mol. The summed E-state index contributed by atoms with van der Waals surface area (Å²) in [5.41, 5.74) is 1.53. The minimum absolute atomic E-state index is 0.0841. The van der Waals surface area contributed by atoms with Gasteiger partial charge in [-0.2, -0.15) is 0 Å². The highest BCUT2D eigenvalue weighted by atomic mass is 35.5. The third kappa shape index (κ3) is 4.19. The highest BCUT2D eigenvalue weighted by Crippen LogP contribution is 2.20. The molecule has 1 atom stereocenters. The van der Waals surface area contributed by atoms with E-state index >= 15 is 0 Å². The second kappa shape index (κ2) is 7.58. The molecule has 2 aromatic rings. The Hall–Kier alpha value is -1.62. The van der Waals surface area contributed by atoms with Crippen LogP contribution in [0.5, 0.6) is 0 Å². The van der Waals surface area contributed by atoms with Crippen molar-refractivity contribution in [1.82, 2.24) is 15.2 Å². The summed E-state index contributed by atoms with van der Waals surface area (Å²) in [6.45, 7) is 0.482. The molecule has 1 aromatic heterocycles. The molecule has 4 nitrogen and oxygen atoms in total. The summed E-state index contributed by atoms with van der Waals surface area (Å²) in [6, 6.07) is 11.6. The SMILES string of the molecule is CN(C)[C@H](CNC(=O)c1cnc(Cl)c(Cl)c1)c1ccccc1. The Balaban J connectivity index is 2.06. The number of aromatic nitrogens is 1. The van der Waals surface area contributed by atoms with Gasteiger partial charge in [-0.3, -0.25) is 4.79 Å². The summed E-state index contributed by atoms with van der Waals surface area (Å²) >= 11 is 11.6. The van der Waals surface area contributed by atoms with Crippen LogP contribution >= 0.6 is 23.2 Å². The molecule has 1 N–H and O–H groups in total. The van der Waals surface area contributed by atoms with Crippen LogP contribution in [-0.2, 0) is 0 Å². The van der Waals surface area contributed by atoms with Crippen LogP contribution in [0.1, 0.15) is 22.0 Å². The lowest BCUT2D eigenvalue weighted by Crippen LogP contribution is -2.34. The van der Waals surface area contributed by atoms with Gasteiger partial charge in [-0.05, 0) is 25.7 Å². The standard InChI is InChI=1S/C16H17Cl2N3O/c1-21(2)14(11-6-4-3-5-7-11)10-20-16(22)12-8-13(17)15(18)19-9-12/h3-9,14H,10H2,1-2H3,(H,20,22)/t14-/m1/s1. The van der Waals surface area contributed by atoms with Crippen LogP contribution in [0, 0.1) is 0 Å². The molecule has 0 bridgehead atoms. The lowest BCUT2D eigenvalue weighted by atomic mass is 10.1. The van der Waals surface area contributed by atoms with Gasteiger partial charge >= 0.3 is 0 Å². The van der Waals surface area contributed by atoms with Crippen molar-refractivity contribution < 1.29 is 4.79 Å². The van der Waals surface area contributed by atoms with Crippen LogP contribution in [0.2, 0.25) is 10.2 Å². The number of rotatable bonds is 5. The van der Waals surface area contributed by atoms with Crippen molar-refractivity contribution in [2.24, 2.45) is 0 Å². The zero-order valence-corrected chi connectivity index (χ0v) is 13.9. The van der Waals surface area contributed by atoms with Gasteiger partial charge in [0.05, 0.1) is 16.6 Å². The molecule has 0 saturated carbocycles. The predicted octanol–water partition coefficient (Wildman–Crippen LogP) is 3.42. The monoisotopic (exact) mass is 337 g/mol. The van der Waals surface area contributed by atoms with Crippen LogP contribution in [0.4, 0.5) is 0 Å². The molecule has 0 fully saturated rings. The van der Waals surface area contributed by atoms with Gasteiger partial charge in [-0.25, -0.2) is 4.98 Å². The molecule has 0 unspecified atom stereocenters. The van der Waals surface area contributed by atoms with Gasteiger partial charge in [0.25, 0.3) is 5.91 Å². The van der Waals surface area contributed by atoms with Gasteiger partial charge in [0, 0.05) is 12.7 Å². The summed E-state index contributed by atoms with van der Waals surface area (Å²) in [4.78, 5) is 18.1. The topological polar surface area (TPSA) is 45.2 Å². The van der Waals surface area contributed by atoms with Crippen molar-refractivity contribution in [3.05, 3.63) is 63.9 Å². The number of carbonyl (C=O) groups excluding carboxylic acids is 1. The fraction of sp³-hybridized carbons (Fsp3) is 0.250. The molecule has 1 amide bonds. The maximum Gasteiger partial charge on any atom is 0.252 e. The molecule has 0 aliphatic carbocycles. The van der Waals surface area contributed by atoms with E-state index in [1.54, 1.807) is 0 Å². The molecule has 6 heteroatoms. The number of pyridine rings is 1. The minimum Gasteiger partial charge on any atom is -0.350 e. The van der Waals surface area contributed by atoms with E-state index in [4.69, 9.17) is 23.2 Å². The van der Waals surface area contributed by atoms with Crippen LogP contribution in [0.15, 0.2) is 42.6 Å². The first-order valence-electron chi connectivity index (χ1n) is 6.79. The summed E-state index contributed by atoms with van der Waals surface area (Å²) < 4.78 is 0. The number of benzene rings is 1. The number of hydrogen-bond acceptors (Lipinski definition) is 3. The smallest absolute Gasteiger partial charge is 0.252 e. The van der Waals surface area contributed by atoms with E-state index in [9.17, 15) is 4.79 Å². The maximum atomic E-state index is 12.2. The molecule has 0 radical (unpaired) electrons. The molecule has 1 aromatic carbocycles. The molecule has 2 rings (SSSR count). The number of hydrogen-bond donors (Lipinski definition) is 1. The van der Waals surface area contributed by atoms with Gasteiger partial charge in [-0.1, -0.05) is 53.5 Å². The summed E-state index contributed by atoms with van der Waals surface area (Å²) in [5.74, 6) is -0.228. The first kappa shape index (κ1) is 16.7. The first-order valence-corrected chi connectivity index (χ1v) is 7.55. The van der Waals surface area contributed by atoms with Crippen molar-refractivity contribution in [3.63, 3.8) is 0 Å². The van der Waals surface area contributed by atoms with E-state index < -0.39 is 0 Å². The molecule has 0 aliphatic heterocycles. The Labute approximate surface area is 140 Å². The number of halogens is 2. The van der Waals surface area contributed by atoms with Crippen LogP contribution in [0.3, 0.4) is 0 Å². The Morgan fingerprint density at radius 3 is 2.55 bits per heavy atom. The van der Waals surface area contributed by atoms with Crippen molar-refractivity contribution in [2.45, 2.75) is 6.04 Å². The van der Waals surface area contributed by atoms with E-state index in [-0.39, 0.29) is 22.1 Å². The van der Waals surface area contributed by atoms with Crippen molar-refractivity contribution in [3.8, 4) is 0 Å². The van der Waals surface area contributed by atoms with Crippen LogP contribution < -0.4 is 5.32 Å². The molecule has 0 saturated heterocycles. The second-order valence-electron chi connectivity index (χ2n) is 5.10. The highest BCUT2D eigenvalue weighted by molar-refractivity contribution is 6.41. The van der Waals surface area contributed by atoms with Crippen molar-refractivity contribution in [2.75, 3.05) is 20.6 Å². The number of nitrogens with zero attached hydrogens (tertiary/aromatic N) is 2. The minimum atomic E-state index is -0.228.